The number of aromatic nitrogens is 2. The van der Waals surface area contributed by atoms with Crippen molar-refractivity contribution >= 4 is 29.9 Å². The lowest BCUT2D eigenvalue weighted by Gasteiger charge is -2.13. The highest BCUT2D eigenvalue weighted by molar-refractivity contribution is 6.30. The first-order valence-corrected chi connectivity index (χ1v) is 7.49. The van der Waals surface area contributed by atoms with Crippen molar-refractivity contribution in [1.82, 2.24) is 20.4 Å². The first-order valence-electron chi connectivity index (χ1n) is 7.11. The number of hydrogen-bond donors (Lipinski definition) is 3. The molecule has 0 bridgehead atoms. The van der Waals surface area contributed by atoms with E-state index in [1.807, 2.05) is 12.1 Å². The maximum Gasteiger partial charge on any atom is 0.254 e. The summed E-state index contributed by atoms with van der Waals surface area (Å²) in [4.78, 5) is 12.1. The summed E-state index contributed by atoms with van der Waals surface area (Å²) in [6.07, 6.45) is 2.76. The summed E-state index contributed by atoms with van der Waals surface area (Å²) in [5.74, 6) is -0.153. The molecule has 3 N–H and O–H groups in total. The van der Waals surface area contributed by atoms with Crippen molar-refractivity contribution in [3.05, 3.63) is 47.2 Å². The van der Waals surface area contributed by atoms with Crippen LogP contribution in [0.2, 0.25) is 5.02 Å². The van der Waals surface area contributed by atoms with Gasteiger partial charge in [-0.3, -0.25) is 4.79 Å². The molecule has 1 aliphatic rings. The summed E-state index contributed by atoms with van der Waals surface area (Å²) in [5, 5.41) is 20.4. The Hall–Kier alpha value is -1.60. The van der Waals surface area contributed by atoms with Crippen LogP contribution in [0.4, 0.5) is 0 Å². The van der Waals surface area contributed by atoms with Gasteiger partial charge < -0.3 is 15.7 Å². The third kappa shape index (κ3) is 4.23. The van der Waals surface area contributed by atoms with Gasteiger partial charge in [0.15, 0.2) is 0 Å². The smallest absolute Gasteiger partial charge is 0.254 e. The molecule has 3 rings (SSSR count). The molecule has 0 saturated carbocycles. The minimum Gasteiger partial charge on any atom is -0.391 e. The number of amides is 1. The Morgan fingerprint density at radius 2 is 2.30 bits per heavy atom. The van der Waals surface area contributed by atoms with Gasteiger partial charge in [-0.05, 0) is 18.2 Å². The van der Waals surface area contributed by atoms with Gasteiger partial charge >= 0.3 is 0 Å². The van der Waals surface area contributed by atoms with Gasteiger partial charge in [0, 0.05) is 36.8 Å². The highest BCUT2D eigenvalue weighted by Crippen LogP contribution is 2.15. The highest BCUT2D eigenvalue weighted by Gasteiger charge is 2.25. The zero-order chi connectivity index (χ0) is 15.5. The lowest BCUT2D eigenvalue weighted by Crippen LogP contribution is -2.34. The van der Waals surface area contributed by atoms with Crippen LogP contribution in [0.5, 0.6) is 0 Å². The van der Waals surface area contributed by atoms with Crippen molar-refractivity contribution in [1.29, 1.82) is 0 Å². The number of aliphatic hydroxyl groups is 1. The van der Waals surface area contributed by atoms with E-state index in [1.54, 1.807) is 23.0 Å². The molecule has 1 amide bonds. The number of aliphatic hydroxyl groups excluding tert-OH is 1. The minimum atomic E-state index is -0.408. The maximum atomic E-state index is 12.1. The van der Waals surface area contributed by atoms with Gasteiger partial charge in [-0.15, -0.1) is 12.4 Å². The monoisotopic (exact) mass is 356 g/mol. The maximum absolute atomic E-state index is 12.1. The molecular weight excluding hydrogens is 339 g/mol. The lowest BCUT2D eigenvalue weighted by molar-refractivity contribution is 0.0927. The Labute approximate surface area is 145 Å². The van der Waals surface area contributed by atoms with E-state index in [4.69, 9.17) is 11.6 Å². The van der Waals surface area contributed by atoms with Crippen LogP contribution in [0.15, 0.2) is 36.7 Å². The molecule has 2 atom stereocenters. The molecule has 1 saturated heterocycles. The van der Waals surface area contributed by atoms with Crippen molar-refractivity contribution in [3.8, 4) is 5.69 Å². The van der Waals surface area contributed by atoms with Crippen LogP contribution in [-0.2, 0) is 0 Å². The van der Waals surface area contributed by atoms with Gasteiger partial charge in [-0.1, -0.05) is 17.7 Å². The molecule has 1 fully saturated rings. The van der Waals surface area contributed by atoms with Crippen LogP contribution in [0.25, 0.3) is 5.69 Å². The number of rotatable bonds is 4. The Balaban J connectivity index is 0.00000192. The van der Waals surface area contributed by atoms with Crippen LogP contribution in [0.1, 0.15) is 10.4 Å². The fraction of sp³-hybridized carbons (Fsp3) is 0.333. The van der Waals surface area contributed by atoms with E-state index >= 15 is 0 Å². The van der Waals surface area contributed by atoms with Crippen molar-refractivity contribution in [3.63, 3.8) is 0 Å². The van der Waals surface area contributed by atoms with E-state index in [-0.39, 0.29) is 24.2 Å². The van der Waals surface area contributed by atoms with E-state index in [2.05, 4.69) is 15.7 Å². The predicted octanol–water partition coefficient (Wildman–Crippen LogP) is 1.26. The minimum absolute atomic E-state index is 0. The molecule has 1 aromatic carbocycles. The molecule has 0 radical (unpaired) electrons. The molecular formula is C15H18Cl2N4O2. The fourth-order valence-corrected chi connectivity index (χ4v) is 2.64. The Bertz CT molecular complexity index is 677. The molecule has 0 spiro atoms. The Morgan fingerprint density at radius 1 is 1.48 bits per heavy atom. The van der Waals surface area contributed by atoms with E-state index < -0.39 is 6.10 Å². The van der Waals surface area contributed by atoms with Crippen molar-refractivity contribution in [2.75, 3.05) is 19.6 Å². The Kier molecular flexibility index (Phi) is 6.01. The van der Waals surface area contributed by atoms with Crippen LogP contribution in [0.3, 0.4) is 0 Å². The van der Waals surface area contributed by atoms with Crippen LogP contribution in [0, 0.1) is 5.92 Å². The van der Waals surface area contributed by atoms with E-state index in [0.29, 0.717) is 30.2 Å². The number of benzene rings is 1. The Morgan fingerprint density at radius 3 is 3.00 bits per heavy atom. The van der Waals surface area contributed by atoms with E-state index in [0.717, 1.165) is 5.69 Å². The molecule has 2 heterocycles. The van der Waals surface area contributed by atoms with Crippen LogP contribution in [-0.4, -0.2) is 46.5 Å². The number of halogens is 2. The number of β-amino-alcohol motifs (C(OH)–C–C–N with tert-alkyl or cyclic N) is 1. The second-order valence-corrected chi connectivity index (χ2v) is 5.79. The molecule has 6 nitrogen and oxygen atoms in total. The van der Waals surface area contributed by atoms with E-state index in [9.17, 15) is 9.90 Å². The van der Waals surface area contributed by atoms with Gasteiger partial charge in [0.05, 0.1) is 23.6 Å². The molecule has 8 heteroatoms. The van der Waals surface area contributed by atoms with Crippen LogP contribution < -0.4 is 10.6 Å². The second-order valence-electron chi connectivity index (χ2n) is 5.35. The fourth-order valence-electron chi connectivity index (χ4n) is 2.45. The van der Waals surface area contributed by atoms with Crippen molar-refractivity contribution in [2.45, 2.75) is 6.10 Å². The van der Waals surface area contributed by atoms with Crippen LogP contribution >= 0.6 is 24.0 Å². The second kappa shape index (κ2) is 7.79. The number of carbonyl (C=O) groups is 1. The van der Waals surface area contributed by atoms with Gasteiger partial charge in [-0.2, -0.15) is 5.10 Å². The molecule has 1 aromatic heterocycles. The summed E-state index contributed by atoms with van der Waals surface area (Å²) in [6.45, 7) is 1.73. The molecule has 23 heavy (non-hydrogen) atoms. The lowest BCUT2D eigenvalue weighted by atomic mass is 10.1. The summed E-state index contributed by atoms with van der Waals surface area (Å²) in [7, 11) is 0. The summed E-state index contributed by atoms with van der Waals surface area (Å²) < 4.78 is 1.60. The van der Waals surface area contributed by atoms with Gasteiger partial charge in [-0.25, -0.2) is 4.68 Å². The summed E-state index contributed by atoms with van der Waals surface area (Å²) in [6, 6.07) is 7.24. The third-order valence-corrected chi connectivity index (χ3v) is 3.98. The first kappa shape index (κ1) is 17.7. The first-order chi connectivity index (χ1) is 10.6. The standard InChI is InChI=1S/C15H17ClN4O2.ClH/c16-12-2-1-3-13(4-12)20-9-11(7-19-20)15(22)18-6-10-5-17-8-14(10)21;/h1-4,7,9-10,14,17,21H,5-6,8H2,(H,18,22);1H. The zero-order valence-corrected chi connectivity index (χ0v) is 13.8. The molecule has 2 aromatic rings. The van der Waals surface area contributed by atoms with Crippen molar-refractivity contribution < 1.29 is 9.90 Å². The van der Waals surface area contributed by atoms with Gasteiger partial charge in [0.1, 0.15) is 0 Å². The quantitative estimate of drug-likeness (QED) is 0.770. The average Bonchev–Trinajstić information content (AvgIpc) is 3.14. The van der Waals surface area contributed by atoms with E-state index in [1.165, 1.54) is 6.20 Å². The number of nitrogens with one attached hydrogen (secondary N) is 2. The molecule has 1 aliphatic heterocycles. The molecule has 0 aliphatic carbocycles. The third-order valence-electron chi connectivity index (χ3n) is 3.75. The zero-order valence-electron chi connectivity index (χ0n) is 12.3. The topological polar surface area (TPSA) is 79.2 Å². The SMILES string of the molecule is Cl.O=C(NCC1CNCC1O)c1cnn(-c2cccc(Cl)c2)c1. The summed E-state index contributed by atoms with van der Waals surface area (Å²) >= 11 is 5.95. The molecule has 2 unspecified atom stereocenters. The normalized spacial score (nSPS) is 20.1. The number of carbonyl (C=O) groups excluding carboxylic acids is 1. The van der Waals surface area contributed by atoms with Gasteiger partial charge in [0.2, 0.25) is 0 Å². The largest absolute Gasteiger partial charge is 0.391 e. The van der Waals surface area contributed by atoms with Crippen molar-refractivity contribution in [2.24, 2.45) is 5.92 Å². The highest BCUT2D eigenvalue weighted by atomic mass is 35.5. The van der Waals surface area contributed by atoms with Gasteiger partial charge in [0.25, 0.3) is 5.91 Å². The average molecular weight is 357 g/mol. The molecule has 124 valence electrons. The number of hydrogen-bond acceptors (Lipinski definition) is 4. The predicted molar refractivity (Wildman–Crippen MR) is 90.5 cm³/mol. The summed E-state index contributed by atoms with van der Waals surface area (Å²) in [5.41, 5.74) is 1.27. The number of nitrogens with zero attached hydrogens (tertiary/aromatic N) is 2.